The Hall–Kier alpha value is -2.64. The Labute approximate surface area is 185 Å². The summed E-state index contributed by atoms with van der Waals surface area (Å²) < 4.78 is 7.00. The zero-order chi connectivity index (χ0) is 20.8. The first kappa shape index (κ1) is 21.1. The van der Waals surface area contributed by atoms with Crippen molar-refractivity contribution in [1.29, 1.82) is 0 Å². The van der Waals surface area contributed by atoms with Crippen molar-refractivity contribution in [1.82, 2.24) is 10.6 Å². The van der Waals surface area contributed by atoms with E-state index in [4.69, 9.17) is 4.74 Å². The molecule has 148 valence electrons. The van der Waals surface area contributed by atoms with Gasteiger partial charge in [-0.2, -0.15) is 0 Å². The van der Waals surface area contributed by atoms with E-state index in [2.05, 4.69) is 42.5 Å². The lowest BCUT2D eigenvalue weighted by Gasteiger charge is -2.23. The van der Waals surface area contributed by atoms with Crippen LogP contribution in [0.5, 0.6) is 5.75 Å². The quantitative estimate of drug-likeness (QED) is 0.448. The Morgan fingerprint density at radius 3 is 1.79 bits per heavy atom. The van der Waals surface area contributed by atoms with Crippen molar-refractivity contribution in [3.05, 3.63) is 98.4 Å². The van der Waals surface area contributed by atoms with Gasteiger partial charge < -0.3 is 15.4 Å². The van der Waals surface area contributed by atoms with E-state index in [1.165, 1.54) is 0 Å². The lowest BCUT2D eigenvalue weighted by Crippen LogP contribution is -2.41. The van der Waals surface area contributed by atoms with E-state index in [-0.39, 0.29) is 11.8 Å². The number of para-hydroxylation sites is 1. The Morgan fingerprint density at radius 1 is 0.793 bits per heavy atom. The molecule has 0 aliphatic heterocycles. The minimum atomic E-state index is -0.788. The fourth-order valence-electron chi connectivity index (χ4n) is 2.78. The highest BCUT2D eigenvalue weighted by Crippen LogP contribution is 2.24. The zero-order valence-corrected chi connectivity index (χ0v) is 18.7. The maximum atomic E-state index is 12.8. The van der Waals surface area contributed by atoms with Gasteiger partial charge >= 0.3 is 0 Å². The molecule has 0 spiro atoms. The summed E-state index contributed by atoms with van der Waals surface area (Å²) in [4.78, 5) is 25.6. The van der Waals surface area contributed by atoms with Gasteiger partial charge in [0.2, 0.25) is 0 Å². The first-order chi connectivity index (χ1) is 14.0. The molecule has 2 amide bonds. The van der Waals surface area contributed by atoms with E-state index in [0.717, 1.165) is 8.95 Å². The molecule has 0 heterocycles. The SMILES string of the molecule is COc1ccccc1C(NC(=O)c1cccc(Br)c1)NC(=O)c1cccc(Br)c1. The number of ether oxygens (including phenoxy) is 1. The van der Waals surface area contributed by atoms with Crippen LogP contribution in [0.15, 0.2) is 81.7 Å². The highest BCUT2D eigenvalue weighted by molar-refractivity contribution is 9.10. The largest absolute Gasteiger partial charge is 0.496 e. The summed E-state index contributed by atoms with van der Waals surface area (Å²) in [6, 6.07) is 21.3. The Kier molecular flexibility index (Phi) is 7.06. The minimum Gasteiger partial charge on any atom is -0.496 e. The summed E-state index contributed by atoms with van der Waals surface area (Å²) in [5, 5.41) is 5.77. The molecule has 2 N–H and O–H groups in total. The van der Waals surface area contributed by atoms with Gasteiger partial charge in [-0.15, -0.1) is 0 Å². The first-order valence-electron chi connectivity index (χ1n) is 8.73. The van der Waals surface area contributed by atoms with Gasteiger partial charge in [0.1, 0.15) is 11.9 Å². The van der Waals surface area contributed by atoms with Gasteiger partial charge in [-0.1, -0.05) is 62.2 Å². The molecule has 0 saturated carbocycles. The predicted octanol–water partition coefficient (Wildman–Crippen LogP) is 5.08. The summed E-state index contributed by atoms with van der Waals surface area (Å²) >= 11 is 6.74. The minimum absolute atomic E-state index is 0.322. The topological polar surface area (TPSA) is 67.4 Å². The standard InChI is InChI=1S/C22H18Br2N2O3/c1-29-19-11-3-2-10-18(19)20(25-21(27)14-6-4-8-16(23)12-14)26-22(28)15-7-5-9-17(24)13-15/h2-13,20H,1H3,(H,25,27)(H,26,28). The molecule has 29 heavy (non-hydrogen) atoms. The van der Waals surface area contributed by atoms with Crippen LogP contribution in [0.2, 0.25) is 0 Å². The second-order valence-corrected chi connectivity index (χ2v) is 7.97. The average molecular weight is 518 g/mol. The summed E-state index contributed by atoms with van der Waals surface area (Å²) in [6.45, 7) is 0. The van der Waals surface area contributed by atoms with Gasteiger partial charge in [-0.3, -0.25) is 9.59 Å². The second-order valence-electron chi connectivity index (χ2n) is 6.14. The highest BCUT2D eigenvalue weighted by Gasteiger charge is 2.22. The number of carbonyl (C=O) groups is 2. The Balaban J connectivity index is 1.91. The van der Waals surface area contributed by atoms with Crippen LogP contribution < -0.4 is 15.4 Å². The number of rotatable bonds is 6. The van der Waals surface area contributed by atoms with Crippen molar-refractivity contribution in [2.45, 2.75) is 6.17 Å². The second kappa shape index (κ2) is 9.71. The molecule has 0 aliphatic rings. The molecule has 0 atom stereocenters. The molecule has 0 aliphatic carbocycles. The van der Waals surface area contributed by atoms with Crippen molar-refractivity contribution in [2.24, 2.45) is 0 Å². The molecule has 3 aromatic rings. The molecular formula is C22H18Br2N2O3. The normalized spacial score (nSPS) is 10.5. The van der Waals surface area contributed by atoms with Gasteiger partial charge in [0.15, 0.2) is 0 Å². The number of nitrogens with one attached hydrogen (secondary N) is 2. The van der Waals surface area contributed by atoms with Gasteiger partial charge in [-0.05, 0) is 42.5 Å². The van der Waals surface area contributed by atoms with Crippen LogP contribution >= 0.6 is 31.9 Å². The number of halogens is 2. The average Bonchev–Trinajstić information content (AvgIpc) is 2.73. The predicted molar refractivity (Wildman–Crippen MR) is 119 cm³/mol. The fourth-order valence-corrected chi connectivity index (χ4v) is 3.58. The number of methoxy groups -OCH3 is 1. The molecule has 3 rings (SSSR count). The van der Waals surface area contributed by atoms with E-state index in [9.17, 15) is 9.59 Å². The molecule has 3 aromatic carbocycles. The molecule has 0 bridgehead atoms. The number of hydrogen-bond donors (Lipinski definition) is 2. The molecular weight excluding hydrogens is 500 g/mol. The maximum absolute atomic E-state index is 12.8. The molecule has 0 unspecified atom stereocenters. The zero-order valence-electron chi connectivity index (χ0n) is 15.5. The molecule has 7 heteroatoms. The van der Waals surface area contributed by atoms with Crippen LogP contribution in [0.4, 0.5) is 0 Å². The van der Waals surface area contributed by atoms with E-state index in [0.29, 0.717) is 22.4 Å². The number of amides is 2. The third-order valence-corrected chi connectivity index (χ3v) is 5.16. The Bertz CT molecular complexity index is 980. The summed E-state index contributed by atoms with van der Waals surface area (Å²) in [7, 11) is 1.54. The summed E-state index contributed by atoms with van der Waals surface area (Å²) in [5.74, 6) is -0.0879. The van der Waals surface area contributed by atoms with E-state index in [1.807, 2.05) is 24.3 Å². The van der Waals surface area contributed by atoms with Crippen molar-refractivity contribution in [3.63, 3.8) is 0 Å². The maximum Gasteiger partial charge on any atom is 0.253 e. The van der Waals surface area contributed by atoms with Crippen LogP contribution in [0.3, 0.4) is 0 Å². The van der Waals surface area contributed by atoms with E-state index >= 15 is 0 Å². The number of benzene rings is 3. The molecule has 0 radical (unpaired) electrons. The van der Waals surface area contributed by atoms with Gasteiger partial charge in [0.25, 0.3) is 11.8 Å². The molecule has 0 saturated heterocycles. The Morgan fingerprint density at radius 2 is 1.31 bits per heavy atom. The number of hydrogen-bond acceptors (Lipinski definition) is 3. The van der Waals surface area contributed by atoms with Crippen LogP contribution in [0.25, 0.3) is 0 Å². The fraction of sp³-hybridized carbons (Fsp3) is 0.0909. The van der Waals surface area contributed by atoms with E-state index < -0.39 is 6.17 Å². The van der Waals surface area contributed by atoms with Gasteiger partial charge in [0, 0.05) is 25.6 Å². The van der Waals surface area contributed by atoms with Crippen LogP contribution in [-0.4, -0.2) is 18.9 Å². The van der Waals surface area contributed by atoms with Crippen molar-refractivity contribution in [2.75, 3.05) is 7.11 Å². The van der Waals surface area contributed by atoms with Crippen LogP contribution in [0.1, 0.15) is 32.4 Å². The molecule has 5 nitrogen and oxygen atoms in total. The summed E-state index contributed by atoms with van der Waals surface area (Å²) in [6.07, 6.45) is -0.788. The molecule has 0 fully saturated rings. The number of carbonyl (C=O) groups excluding carboxylic acids is 2. The highest BCUT2D eigenvalue weighted by atomic mass is 79.9. The van der Waals surface area contributed by atoms with Crippen LogP contribution in [0, 0.1) is 0 Å². The van der Waals surface area contributed by atoms with E-state index in [1.54, 1.807) is 55.6 Å². The summed E-state index contributed by atoms with van der Waals surface area (Å²) in [5.41, 5.74) is 1.58. The van der Waals surface area contributed by atoms with Crippen molar-refractivity contribution >= 4 is 43.7 Å². The third kappa shape index (κ3) is 5.46. The monoisotopic (exact) mass is 516 g/mol. The van der Waals surface area contributed by atoms with Gasteiger partial charge in [0.05, 0.1) is 7.11 Å². The third-order valence-electron chi connectivity index (χ3n) is 4.17. The lowest BCUT2D eigenvalue weighted by molar-refractivity contribution is 0.0882. The smallest absolute Gasteiger partial charge is 0.253 e. The first-order valence-corrected chi connectivity index (χ1v) is 10.3. The van der Waals surface area contributed by atoms with Crippen molar-refractivity contribution in [3.8, 4) is 5.75 Å². The van der Waals surface area contributed by atoms with Crippen molar-refractivity contribution < 1.29 is 14.3 Å². The van der Waals surface area contributed by atoms with Gasteiger partial charge in [-0.25, -0.2) is 0 Å². The lowest BCUT2D eigenvalue weighted by atomic mass is 10.1. The van der Waals surface area contributed by atoms with Crippen LogP contribution in [-0.2, 0) is 0 Å². The molecule has 0 aromatic heterocycles.